The zero-order chi connectivity index (χ0) is 24.6. The van der Waals surface area contributed by atoms with Crippen molar-refractivity contribution in [2.45, 2.75) is 25.2 Å². The number of halogens is 4. The first-order valence-electron chi connectivity index (χ1n) is 9.75. The molecule has 0 spiro atoms. The van der Waals surface area contributed by atoms with Crippen LogP contribution in [-0.2, 0) is 19.7 Å². The smallest absolute Gasteiger partial charge is 0.329 e. The Morgan fingerprint density at radius 1 is 1.06 bits per heavy atom. The average Bonchev–Trinajstić information content (AvgIpc) is 3.17. The maximum absolute atomic E-state index is 13.0. The molecule has 0 amide bonds. The summed E-state index contributed by atoms with van der Waals surface area (Å²) in [7, 11) is 2.81. The van der Waals surface area contributed by atoms with Gasteiger partial charge in [0.25, 0.3) is 0 Å². The van der Waals surface area contributed by atoms with Crippen molar-refractivity contribution in [3.8, 4) is 0 Å². The Balaban J connectivity index is 0.000000234. The third-order valence-corrected chi connectivity index (χ3v) is 5.31. The molecule has 0 radical (unpaired) electrons. The minimum atomic E-state index is -3.48. The molecule has 3 rings (SSSR count). The molecule has 12 heteroatoms. The molecule has 0 atom stereocenters. The number of fused-ring (bicyclic) bond motifs is 1. The van der Waals surface area contributed by atoms with Gasteiger partial charge < -0.3 is 14.8 Å². The van der Waals surface area contributed by atoms with Crippen molar-refractivity contribution in [1.82, 2.24) is 19.6 Å². The topological polar surface area (TPSA) is 90.6 Å². The summed E-state index contributed by atoms with van der Waals surface area (Å²) in [5, 5.41) is 10.9. The summed E-state index contributed by atoms with van der Waals surface area (Å²) in [5.74, 6) is -3.44. The van der Waals surface area contributed by atoms with Crippen molar-refractivity contribution in [2.75, 3.05) is 39.3 Å². The van der Waals surface area contributed by atoms with E-state index in [1.54, 1.807) is 19.2 Å². The Labute approximate surface area is 207 Å². The van der Waals surface area contributed by atoms with E-state index in [0.29, 0.717) is 12.4 Å². The second-order valence-electron chi connectivity index (χ2n) is 7.69. The zero-order valence-electron chi connectivity index (χ0n) is 18.6. The lowest BCUT2D eigenvalue weighted by Crippen LogP contribution is -2.38. The molecule has 0 saturated carbocycles. The van der Waals surface area contributed by atoms with Crippen LogP contribution in [0.5, 0.6) is 0 Å². The fraction of sp³-hybridized carbons (Fsp3) is 0.429. The van der Waals surface area contributed by atoms with Gasteiger partial charge in [-0.15, -0.1) is 10.2 Å². The third-order valence-electron chi connectivity index (χ3n) is 4.37. The number of anilines is 1. The van der Waals surface area contributed by atoms with Crippen LogP contribution in [0.4, 0.5) is 14.6 Å². The lowest BCUT2D eigenvalue weighted by atomic mass is 9.94. The summed E-state index contributed by atoms with van der Waals surface area (Å²) in [5.41, 5.74) is 0.692. The van der Waals surface area contributed by atoms with E-state index in [0.717, 1.165) is 27.5 Å². The van der Waals surface area contributed by atoms with Gasteiger partial charge >= 0.3 is 5.92 Å². The number of Topliss-reactive ketones (excluding diaryl/α,β-unsaturated/α-hetero) is 1. The highest BCUT2D eigenvalue weighted by Crippen LogP contribution is 2.23. The van der Waals surface area contributed by atoms with Crippen molar-refractivity contribution in [3.05, 3.63) is 51.4 Å². The maximum Gasteiger partial charge on any atom is 0.329 e. The van der Waals surface area contributed by atoms with Crippen molar-refractivity contribution < 1.29 is 23.0 Å². The molecule has 0 aromatic carbocycles. The first-order chi connectivity index (χ1) is 15.5. The van der Waals surface area contributed by atoms with Crippen LogP contribution in [0.15, 0.2) is 45.6 Å². The van der Waals surface area contributed by atoms with Crippen LogP contribution >= 0.6 is 31.9 Å². The largest absolute Gasteiger partial charge is 0.384 e. The van der Waals surface area contributed by atoms with Crippen LogP contribution in [0.3, 0.4) is 0 Å². The average molecular weight is 593 g/mol. The number of carbonyl (C=O) groups is 1. The second-order valence-corrected chi connectivity index (χ2v) is 9.52. The standard InChI is InChI=1S/C11H14BrN3O.C10H11BrF2N2O2/c1-11(2,7-16-3)10-14-13-9-5-4-8(12)6-15(9)10;1-17-6-10(12,13)8(16)5-15-9-3-2-7(11)4-14-9/h4-6H,7H2,1-3H3;2-4H,5-6H2,1H3,(H,14,15). The predicted octanol–water partition coefficient (Wildman–Crippen LogP) is 4.52. The Bertz CT molecular complexity index is 1060. The van der Waals surface area contributed by atoms with Gasteiger partial charge in [0.05, 0.1) is 13.2 Å². The van der Waals surface area contributed by atoms with Crippen LogP contribution < -0.4 is 5.32 Å². The summed E-state index contributed by atoms with van der Waals surface area (Å²) in [6, 6.07) is 7.15. The van der Waals surface area contributed by atoms with E-state index in [1.165, 1.54) is 6.20 Å². The van der Waals surface area contributed by atoms with E-state index in [2.05, 4.69) is 70.9 Å². The number of ketones is 1. The Kier molecular flexibility index (Phi) is 9.83. The quantitative estimate of drug-likeness (QED) is 0.390. The number of rotatable bonds is 9. The highest BCUT2D eigenvalue weighted by atomic mass is 79.9. The number of nitrogens with one attached hydrogen (secondary N) is 1. The van der Waals surface area contributed by atoms with E-state index in [1.807, 2.05) is 22.7 Å². The summed E-state index contributed by atoms with van der Waals surface area (Å²) < 4.78 is 39.3. The van der Waals surface area contributed by atoms with Gasteiger partial charge in [0.15, 0.2) is 5.65 Å². The number of methoxy groups -OCH3 is 2. The summed E-state index contributed by atoms with van der Waals surface area (Å²) >= 11 is 6.63. The van der Waals surface area contributed by atoms with E-state index in [4.69, 9.17) is 4.74 Å². The molecule has 3 aromatic heterocycles. The Hall–Kier alpha value is -2.02. The first kappa shape index (κ1) is 27.2. The molecular weight excluding hydrogens is 568 g/mol. The molecular formula is C21H25Br2F2N5O3. The van der Waals surface area contributed by atoms with Crippen molar-refractivity contribution >= 4 is 49.1 Å². The molecule has 180 valence electrons. The van der Waals surface area contributed by atoms with Gasteiger partial charge in [0, 0.05) is 41.0 Å². The van der Waals surface area contributed by atoms with Crippen molar-refractivity contribution in [2.24, 2.45) is 0 Å². The van der Waals surface area contributed by atoms with Gasteiger partial charge in [-0.05, 0) is 56.1 Å². The van der Waals surface area contributed by atoms with Gasteiger partial charge in [-0.2, -0.15) is 8.78 Å². The third kappa shape index (κ3) is 7.76. The maximum atomic E-state index is 13.0. The number of carbonyl (C=O) groups excluding carboxylic acids is 1. The minimum Gasteiger partial charge on any atom is -0.384 e. The molecule has 1 N–H and O–H groups in total. The van der Waals surface area contributed by atoms with Crippen LogP contribution in [0.25, 0.3) is 5.65 Å². The number of nitrogens with zero attached hydrogens (tertiary/aromatic N) is 4. The minimum absolute atomic E-state index is 0.158. The van der Waals surface area contributed by atoms with Crippen LogP contribution in [0, 0.1) is 0 Å². The molecule has 0 unspecified atom stereocenters. The van der Waals surface area contributed by atoms with Gasteiger partial charge in [0.2, 0.25) is 5.78 Å². The number of aromatic nitrogens is 4. The predicted molar refractivity (Wildman–Crippen MR) is 128 cm³/mol. The molecule has 0 aliphatic rings. The SMILES string of the molecule is COCC(C)(C)c1nnc2ccc(Br)cn12.COCC(F)(F)C(=O)CNc1ccc(Br)cn1. The molecule has 3 aromatic rings. The lowest BCUT2D eigenvalue weighted by molar-refractivity contribution is -0.148. The van der Waals surface area contributed by atoms with Crippen LogP contribution in [0.1, 0.15) is 19.7 Å². The molecule has 0 bridgehead atoms. The van der Waals surface area contributed by atoms with Crippen LogP contribution in [0.2, 0.25) is 0 Å². The Morgan fingerprint density at radius 2 is 1.73 bits per heavy atom. The molecule has 0 fully saturated rings. The molecule has 0 aliphatic carbocycles. The van der Waals surface area contributed by atoms with Gasteiger partial charge in [-0.25, -0.2) is 4.98 Å². The zero-order valence-corrected chi connectivity index (χ0v) is 21.8. The van der Waals surface area contributed by atoms with E-state index < -0.39 is 24.9 Å². The van der Waals surface area contributed by atoms with Gasteiger partial charge in [-0.1, -0.05) is 13.8 Å². The van der Waals surface area contributed by atoms with Crippen molar-refractivity contribution in [1.29, 1.82) is 0 Å². The molecule has 3 heterocycles. The number of pyridine rings is 2. The fourth-order valence-corrected chi connectivity index (χ4v) is 3.37. The van der Waals surface area contributed by atoms with Gasteiger partial charge in [0.1, 0.15) is 18.2 Å². The fourth-order valence-electron chi connectivity index (χ4n) is 2.79. The number of hydrogen-bond acceptors (Lipinski definition) is 7. The van der Waals surface area contributed by atoms with E-state index in [9.17, 15) is 13.6 Å². The summed E-state index contributed by atoms with van der Waals surface area (Å²) in [6.07, 6.45) is 3.47. The van der Waals surface area contributed by atoms with E-state index in [-0.39, 0.29) is 5.41 Å². The highest BCUT2D eigenvalue weighted by Gasteiger charge is 2.37. The second kappa shape index (κ2) is 11.9. The number of hydrogen-bond donors (Lipinski definition) is 1. The highest BCUT2D eigenvalue weighted by molar-refractivity contribution is 9.10. The van der Waals surface area contributed by atoms with Crippen LogP contribution in [-0.4, -0.2) is 65.3 Å². The van der Waals surface area contributed by atoms with E-state index >= 15 is 0 Å². The Morgan fingerprint density at radius 3 is 2.33 bits per heavy atom. The molecule has 0 aliphatic heterocycles. The number of alkyl halides is 2. The number of ether oxygens (including phenoxy) is 2. The molecule has 33 heavy (non-hydrogen) atoms. The van der Waals surface area contributed by atoms with Crippen molar-refractivity contribution in [3.63, 3.8) is 0 Å². The monoisotopic (exact) mass is 591 g/mol. The molecule has 0 saturated heterocycles. The normalized spacial score (nSPS) is 11.8. The summed E-state index contributed by atoms with van der Waals surface area (Å²) in [6.45, 7) is 3.38. The molecule has 8 nitrogen and oxygen atoms in total. The first-order valence-corrected chi connectivity index (χ1v) is 11.3. The lowest BCUT2D eigenvalue weighted by Gasteiger charge is -2.21. The van der Waals surface area contributed by atoms with Gasteiger partial charge in [-0.3, -0.25) is 9.20 Å². The summed E-state index contributed by atoms with van der Waals surface area (Å²) in [4.78, 5) is 15.1.